The van der Waals surface area contributed by atoms with E-state index in [1.54, 1.807) is 0 Å². The third-order valence-electron chi connectivity index (χ3n) is 4.89. The zero-order valence-electron chi connectivity index (χ0n) is 13.1. The molecule has 2 aliphatic rings. The lowest BCUT2D eigenvalue weighted by Crippen LogP contribution is -2.52. The number of nitrogens with zero attached hydrogens (tertiary/aromatic N) is 3. The van der Waals surface area contributed by atoms with Gasteiger partial charge in [-0.15, -0.1) is 0 Å². The molecule has 2 fully saturated rings. The number of rotatable bonds is 5. The van der Waals surface area contributed by atoms with E-state index in [1.807, 2.05) is 4.90 Å². The Morgan fingerprint density at radius 3 is 2.60 bits per heavy atom. The standard InChI is InChI=1S/C15H30N4O/c1-17-7-5-6-13(12-17)18(2)14(11-16)10-15(20)19-8-3-4-9-19/h13-14H,3-12,16H2,1-2H3. The molecule has 2 saturated heterocycles. The molecule has 2 atom stereocenters. The van der Waals surface area contributed by atoms with Gasteiger partial charge in [-0.2, -0.15) is 0 Å². The summed E-state index contributed by atoms with van der Waals surface area (Å²) in [6.45, 7) is 4.71. The van der Waals surface area contributed by atoms with Crippen LogP contribution in [-0.4, -0.2) is 79.5 Å². The minimum absolute atomic E-state index is 0.180. The van der Waals surface area contributed by atoms with E-state index in [9.17, 15) is 4.79 Å². The Balaban J connectivity index is 1.87. The summed E-state index contributed by atoms with van der Waals surface area (Å²) in [5.41, 5.74) is 5.94. The van der Waals surface area contributed by atoms with Gasteiger partial charge in [0.2, 0.25) is 5.91 Å². The molecule has 0 saturated carbocycles. The number of likely N-dealkylation sites (tertiary alicyclic amines) is 2. The summed E-state index contributed by atoms with van der Waals surface area (Å²) in [6.07, 6.45) is 5.34. The van der Waals surface area contributed by atoms with Gasteiger partial charge < -0.3 is 15.5 Å². The Morgan fingerprint density at radius 1 is 1.30 bits per heavy atom. The Kier molecular flexibility index (Phi) is 5.81. The van der Waals surface area contributed by atoms with Crippen molar-refractivity contribution in [2.75, 3.05) is 46.8 Å². The third-order valence-corrected chi connectivity index (χ3v) is 4.89. The molecular formula is C15H30N4O. The normalized spacial score (nSPS) is 26.2. The topological polar surface area (TPSA) is 52.8 Å². The number of carbonyl (C=O) groups is 1. The second-order valence-electron chi connectivity index (χ2n) is 6.41. The lowest BCUT2D eigenvalue weighted by molar-refractivity contribution is -0.131. The minimum atomic E-state index is 0.180. The van der Waals surface area contributed by atoms with Crippen LogP contribution in [0.15, 0.2) is 0 Å². The van der Waals surface area contributed by atoms with Crippen LogP contribution >= 0.6 is 0 Å². The number of likely N-dealkylation sites (N-methyl/N-ethyl adjacent to an activating group) is 2. The molecule has 2 aliphatic heterocycles. The van der Waals surface area contributed by atoms with Crippen molar-refractivity contribution < 1.29 is 4.79 Å². The Labute approximate surface area is 123 Å². The first kappa shape index (κ1) is 15.7. The molecule has 0 aromatic heterocycles. The molecule has 5 heteroatoms. The monoisotopic (exact) mass is 282 g/mol. The van der Waals surface area contributed by atoms with E-state index >= 15 is 0 Å². The van der Waals surface area contributed by atoms with Gasteiger partial charge in [-0.1, -0.05) is 0 Å². The first-order valence-corrected chi connectivity index (χ1v) is 8.00. The zero-order chi connectivity index (χ0) is 14.5. The van der Waals surface area contributed by atoms with E-state index < -0.39 is 0 Å². The average Bonchev–Trinajstić information content (AvgIpc) is 2.98. The zero-order valence-corrected chi connectivity index (χ0v) is 13.1. The largest absolute Gasteiger partial charge is 0.343 e. The second-order valence-corrected chi connectivity index (χ2v) is 6.41. The molecule has 2 heterocycles. The van der Waals surface area contributed by atoms with Crippen molar-refractivity contribution >= 4 is 5.91 Å². The van der Waals surface area contributed by atoms with Crippen LogP contribution in [0.5, 0.6) is 0 Å². The summed E-state index contributed by atoms with van der Waals surface area (Å²) in [5, 5.41) is 0. The van der Waals surface area contributed by atoms with Crippen molar-refractivity contribution in [1.82, 2.24) is 14.7 Å². The van der Waals surface area contributed by atoms with Gasteiger partial charge >= 0.3 is 0 Å². The Hall–Kier alpha value is -0.650. The second kappa shape index (κ2) is 7.38. The molecule has 116 valence electrons. The number of amides is 1. The SMILES string of the molecule is CN1CCCC(N(C)C(CN)CC(=O)N2CCCC2)C1. The molecule has 20 heavy (non-hydrogen) atoms. The van der Waals surface area contributed by atoms with Crippen LogP contribution in [0.2, 0.25) is 0 Å². The van der Waals surface area contributed by atoms with Crippen LogP contribution in [0, 0.1) is 0 Å². The number of hydrogen-bond donors (Lipinski definition) is 1. The molecule has 2 rings (SSSR count). The van der Waals surface area contributed by atoms with Crippen molar-refractivity contribution in [3.8, 4) is 0 Å². The fourth-order valence-corrected chi connectivity index (χ4v) is 3.46. The van der Waals surface area contributed by atoms with Crippen molar-refractivity contribution in [3.05, 3.63) is 0 Å². The lowest BCUT2D eigenvalue weighted by Gasteiger charge is -2.39. The molecule has 2 N–H and O–H groups in total. The summed E-state index contributed by atoms with van der Waals surface area (Å²) in [4.78, 5) is 19.0. The molecule has 5 nitrogen and oxygen atoms in total. The van der Waals surface area contributed by atoms with E-state index in [2.05, 4.69) is 23.9 Å². The fourth-order valence-electron chi connectivity index (χ4n) is 3.46. The van der Waals surface area contributed by atoms with Crippen molar-refractivity contribution in [1.29, 1.82) is 0 Å². The van der Waals surface area contributed by atoms with Gasteiger partial charge in [-0.05, 0) is 46.3 Å². The van der Waals surface area contributed by atoms with Gasteiger partial charge in [0.1, 0.15) is 0 Å². The van der Waals surface area contributed by atoms with Crippen LogP contribution in [0.4, 0.5) is 0 Å². The van der Waals surface area contributed by atoms with Gasteiger partial charge in [0.15, 0.2) is 0 Å². The maximum atomic E-state index is 12.3. The van der Waals surface area contributed by atoms with Gasteiger partial charge in [0, 0.05) is 44.7 Å². The molecule has 2 unspecified atom stereocenters. The van der Waals surface area contributed by atoms with Gasteiger partial charge in [0.05, 0.1) is 0 Å². The first-order chi connectivity index (χ1) is 9.61. The van der Waals surface area contributed by atoms with Crippen LogP contribution in [-0.2, 0) is 4.79 Å². The quantitative estimate of drug-likeness (QED) is 0.791. The molecule has 0 aromatic rings. The maximum Gasteiger partial charge on any atom is 0.224 e. The van der Waals surface area contributed by atoms with E-state index in [0.717, 1.165) is 32.5 Å². The van der Waals surface area contributed by atoms with Gasteiger partial charge in [-0.25, -0.2) is 0 Å². The molecule has 0 radical (unpaired) electrons. The Bertz CT molecular complexity index is 317. The summed E-state index contributed by atoms with van der Waals surface area (Å²) < 4.78 is 0. The summed E-state index contributed by atoms with van der Waals surface area (Å²) in [6, 6.07) is 0.716. The molecular weight excluding hydrogens is 252 g/mol. The van der Waals surface area contributed by atoms with Crippen LogP contribution in [0.25, 0.3) is 0 Å². The molecule has 0 bridgehead atoms. The van der Waals surface area contributed by atoms with Crippen molar-refractivity contribution in [3.63, 3.8) is 0 Å². The first-order valence-electron chi connectivity index (χ1n) is 8.00. The number of nitrogens with two attached hydrogens (primary N) is 1. The predicted molar refractivity (Wildman–Crippen MR) is 81.6 cm³/mol. The van der Waals surface area contributed by atoms with Crippen molar-refractivity contribution in [2.24, 2.45) is 5.73 Å². The lowest BCUT2D eigenvalue weighted by atomic mass is 10.0. The summed E-state index contributed by atoms with van der Waals surface area (Å²) in [5.74, 6) is 0.286. The average molecular weight is 282 g/mol. The number of piperidine rings is 1. The van der Waals surface area contributed by atoms with E-state index in [1.165, 1.54) is 19.4 Å². The van der Waals surface area contributed by atoms with E-state index in [-0.39, 0.29) is 11.9 Å². The third kappa shape index (κ3) is 3.93. The van der Waals surface area contributed by atoms with Crippen molar-refractivity contribution in [2.45, 2.75) is 44.2 Å². The maximum absolute atomic E-state index is 12.3. The highest BCUT2D eigenvalue weighted by Crippen LogP contribution is 2.18. The summed E-state index contributed by atoms with van der Waals surface area (Å²) in [7, 11) is 4.31. The minimum Gasteiger partial charge on any atom is -0.343 e. The van der Waals surface area contributed by atoms with Gasteiger partial charge in [-0.3, -0.25) is 9.69 Å². The summed E-state index contributed by atoms with van der Waals surface area (Å²) >= 11 is 0. The number of carbonyl (C=O) groups excluding carboxylic acids is 1. The van der Waals surface area contributed by atoms with Crippen LogP contribution < -0.4 is 5.73 Å². The molecule has 1 amide bonds. The smallest absolute Gasteiger partial charge is 0.224 e. The molecule has 0 aliphatic carbocycles. The molecule has 0 aromatic carbocycles. The van der Waals surface area contributed by atoms with Crippen LogP contribution in [0.1, 0.15) is 32.1 Å². The number of hydrogen-bond acceptors (Lipinski definition) is 4. The molecule has 0 spiro atoms. The highest BCUT2D eigenvalue weighted by molar-refractivity contribution is 5.77. The highest BCUT2D eigenvalue weighted by Gasteiger charge is 2.28. The fraction of sp³-hybridized carbons (Fsp3) is 0.933. The van der Waals surface area contributed by atoms with E-state index in [0.29, 0.717) is 19.0 Å². The van der Waals surface area contributed by atoms with Gasteiger partial charge in [0.25, 0.3) is 0 Å². The highest BCUT2D eigenvalue weighted by atomic mass is 16.2. The van der Waals surface area contributed by atoms with Crippen LogP contribution in [0.3, 0.4) is 0 Å². The van der Waals surface area contributed by atoms with E-state index in [4.69, 9.17) is 5.73 Å². The predicted octanol–water partition coefficient (Wildman–Crippen LogP) is 0.352. The Morgan fingerprint density at radius 2 is 2.00 bits per heavy atom.